The number of imidazole rings is 1. The Morgan fingerprint density at radius 1 is 1.47 bits per heavy atom. The van der Waals surface area contributed by atoms with E-state index in [-0.39, 0.29) is 17.3 Å². The van der Waals surface area contributed by atoms with E-state index in [9.17, 15) is 4.79 Å². The molecule has 0 aromatic carbocycles. The molecule has 94 valence electrons. The molecule has 0 radical (unpaired) electrons. The number of amides is 1. The third kappa shape index (κ3) is 3.00. The van der Waals surface area contributed by atoms with E-state index < -0.39 is 0 Å². The zero-order valence-electron chi connectivity index (χ0n) is 10.0. The van der Waals surface area contributed by atoms with Crippen LogP contribution >= 0.6 is 11.6 Å². The van der Waals surface area contributed by atoms with Gasteiger partial charge >= 0.3 is 0 Å². The number of hydrogen-bond donors (Lipinski definition) is 1. The molecule has 1 N–H and O–H groups in total. The van der Waals surface area contributed by atoms with Crippen LogP contribution < -0.4 is 5.32 Å². The first-order valence-electron chi connectivity index (χ1n) is 6.09. The van der Waals surface area contributed by atoms with Crippen LogP contribution in [-0.4, -0.2) is 26.9 Å². The minimum Gasteiger partial charge on any atom is -0.346 e. The summed E-state index contributed by atoms with van der Waals surface area (Å²) >= 11 is 6.30. The van der Waals surface area contributed by atoms with Crippen LogP contribution in [0.3, 0.4) is 0 Å². The van der Waals surface area contributed by atoms with Crippen LogP contribution in [-0.2, 0) is 7.05 Å². The maximum Gasteiger partial charge on any atom is 0.269 e. The first-order chi connectivity index (χ1) is 8.18. The van der Waals surface area contributed by atoms with Crippen molar-refractivity contribution < 1.29 is 4.79 Å². The van der Waals surface area contributed by atoms with Crippen molar-refractivity contribution in [3.8, 4) is 0 Å². The van der Waals surface area contributed by atoms with E-state index in [4.69, 9.17) is 11.6 Å². The van der Waals surface area contributed by atoms with Crippen molar-refractivity contribution in [2.24, 2.45) is 7.05 Å². The van der Waals surface area contributed by atoms with E-state index in [1.165, 1.54) is 6.42 Å². The summed E-state index contributed by atoms with van der Waals surface area (Å²) in [5, 5.41) is 3.07. The molecular formula is C12H18ClN3O. The predicted molar refractivity (Wildman–Crippen MR) is 67.2 cm³/mol. The Kier molecular flexibility index (Phi) is 4.05. The maximum atomic E-state index is 12.0. The van der Waals surface area contributed by atoms with Crippen LogP contribution in [0.4, 0.5) is 0 Å². The molecule has 1 heterocycles. The third-order valence-electron chi connectivity index (χ3n) is 3.30. The molecule has 0 spiro atoms. The molecule has 0 aliphatic heterocycles. The van der Waals surface area contributed by atoms with Gasteiger partial charge in [-0.15, -0.1) is 11.6 Å². The minimum atomic E-state index is -0.0810. The second-order valence-corrected chi connectivity index (χ2v) is 5.18. The lowest BCUT2D eigenvalue weighted by atomic mass is 10.1. The van der Waals surface area contributed by atoms with E-state index in [1.807, 2.05) is 7.05 Å². The van der Waals surface area contributed by atoms with E-state index in [0.29, 0.717) is 5.69 Å². The number of aromatic nitrogens is 2. The smallest absolute Gasteiger partial charge is 0.269 e. The Labute approximate surface area is 106 Å². The van der Waals surface area contributed by atoms with E-state index in [0.717, 1.165) is 25.7 Å². The van der Waals surface area contributed by atoms with Crippen molar-refractivity contribution in [2.45, 2.75) is 43.5 Å². The van der Waals surface area contributed by atoms with Gasteiger partial charge in [-0.3, -0.25) is 4.79 Å². The number of alkyl halides is 1. The number of nitrogens with one attached hydrogen (secondary N) is 1. The molecular weight excluding hydrogens is 238 g/mol. The summed E-state index contributed by atoms with van der Waals surface area (Å²) in [5.74, 6) is -0.0810. The second kappa shape index (κ2) is 5.54. The summed E-state index contributed by atoms with van der Waals surface area (Å²) in [5.41, 5.74) is 0.582. The summed E-state index contributed by atoms with van der Waals surface area (Å²) in [6.45, 7) is 0. The van der Waals surface area contributed by atoms with Gasteiger partial charge in [0.15, 0.2) is 0 Å². The van der Waals surface area contributed by atoms with E-state index >= 15 is 0 Å². The highest BCUT2D eigenvalue weighted by molar-refractivity contribution is 6.21. The van der Waals surface area contributed by atoms with Crippen LogP contribution in [0.25, 0.3) is 0 Å². The lowest BCUT2D eigenvalue weighted by Crippen LogP contribution is -2.41. The molecule has 1 saturated carbocycles. The lowest BCUT2D eigenvalue weighted by molar-refractivity contribution is 0.0926. The Bertz CT molecular complexity index is 391. The monoisotopic (exact) mass is 255 g/mol. The van der Waals surface area contributed by atoms with Gasteiger partial charge in [-0.2, -0.15) is 0 Å². The fourth-order valence-corrected chi connectivity index (χ4v) is 2.59. The SMILES string of the molecule is Cn1cncc1C(=O)NC1CCCCCC1Cl. The Morgan fingerprint density at radius 2 is 2.24 bits per heavy atom. The van der Waals surface area contributed by atoms with Crippen LogP contribution in [0.1, 0.15) is 42.6 Å². The van der Waals surface area contributed by atoms with Crippen molar-refractivity contribution in [2.75, 3.05) is 0 Å². The van der Waals surface area contributed by atoms with E-state index in [2.05, 4.69) is 10.3 Å². The molecule has 2 atom stereocenters. The van der Waals surface area contributed by atoms with Gasteiger partial charge in [-0.05, 0) is 12.8 Å². The number of aryl methyl sites for hydroxylation is 1. The van der Waals surface area contributed by atoms with Gasteiger partial charge in [0, 0.05) is 13.1 Å². The molecule has 1 aromatic rings. The lowest BCUT2D eigenvalue weighted by Gasteiger charge is -2.21. The fourth-order valence-electron chi connectivity index (χ4n) is 2.24. The van der Waals surface area contributed by atoms with Crippen LogP contribution in [0.2, 0.25) is 0 Å². The molecule has 5 heteroatoms. The van der Waals surface area contributed by atoms with Crippen LogP contribution in [0.5, 0.6) is 0 Å². The average Bonchev–Trinajstić information content (AvgIpc) is 2.63. The number of rotatable bonds is 2. The van der Waals surface area contributed by atoms with Crippen LogP contribution in [0, 0.1) is 0 Å². The molecule has 2 rings (SSSR count). The molecule has 0 saturated heterocycles. The van der Waals surface area contributed by atoms with Gasteiger partial charge in [-0.1, -0.05) is 19.3 Å². The summed E-state index contributed by atoms with van der Waals surface area (Å²) in [4.78, 5) is 16.0. The van der Waals surface area contributed by atoms with Crippen molar-refractivity contribution in [3.63, 3.8) is 0 Å². The molecule has 17 heavy (non-hydrogen) atoms. The van der Waals surface area contributed by atoms with Gasteiger partial charge in [0.1, 0.15) is 5.69 Å². The normalized spacial score (nSPS) is 25.3. The quantitative estimate of drug-likeness (QED) is 0.650. The van der Waals surface area contributed by atoms with Crippen molar-refractivity contribution in [1.29, 1.82) is 0 Å². The zero-order chi connectivity index (χ0) is 12.3. The summed E-state index contributed by atoms with van der Waals surface area (Å²) in [6.07, 6.45) is 8.66. The molecule has 0 bridgehead atoms. The molecule has 1 fully saturated rings. The van der Waals surface area contributed by atoms with Crippen molar-refractivity contribution in [1.82, 2.24) is 14.9 Å². The highest BCUT2D eigenvalue weighted by atomic mass is 35.5. The van der Waals surface area contributed by atoms with Crippen LogP contribution in [0.15, 0.2) is 12.5 Å². The highest BCUT2D eigenvalue weighted by Crippen LogP contribution is 2.22. The number of halogens is 1. The summed E-state index contributed by atoms with van der Waals surface area (Å²) in [7, 11) is 1.81. The molecule has 4 nitrogen and oxygen atoms in total. The largest absolute Gasteiger partial charge is 0.346 e. The van der Waals surface area contributed by atoms with Gasteiger partial charge in [0.25, 0.3) is 5.91 Å². The maximum absolute atomic E-state index is 12.0. The minimum absolute atomic E-state index is 0.0506. The number of carbonyl (C=O) groups excluding carboxylic acids is 1. The standard InChI is InChI=1S/C12H18ClN3O/c1-16-8-14-7-11(16)12(17)15-10-6-4-2-3-5-9(10)13/h7-10H,2-6H2,1H3,(H,15,17). The van der Waals surface area contributed by atoms with Gasteiger partial charge in [0.05, 0.1) is 17.9 Å². The molecule has 1 amide bonds. The molecule has 1 aliphatic carbocycles. The number of carbonyl (C=O) groups is 1. The molecule has 1 aromatic heterocycles. The average molecular weight is 256 g/mol. The van der Waals surface area contributed by atoms with Crippen molar-refractivity contribution >= 4 is 17.5 Å². The number of nitrogens with zero attached hydrogens (tertiary/aromatic N) is 2. The fraction of sp³-hybridized carbons (Fsp3) is 0.667. The zero-order valence-corrected chi connectivity index (χ0v) is 10.8. The van der Waals surface area contributed by atoms with Gasteiger partial charge in [-0.25, -0.2) is 4.98 Å². The van der Waals surface area contributed by atoms with Crippen molar-refractivity contribution in [3.05, 3.63) is 18.2 Å². The Hall–Kier alpha value is -1.03. The summed E-state index contributed by atoms with van der Waals surface area (Å²) < 4.78 is 1.72. The number of hydrogen-bond acceptors (Lipinski definition) is 2. The Morgan fingerprint density at radius 3 is 2.94 bits per heavy atom. The predicted octanol–water partition coefficient (Wildman–Crippen LogP) is 2.09. The summed E-state index contributed by atoms with van der Waals surface area (Å²) in [6, 6.07) is 0.0848. The molecule has 2 unspecified atom stereocenters. The van der Waals surface area contributed by atoms with Gasteiger partial charge < -0.3 is 9.88 Å². The van der Waals surface area contributed by atoms with E-state index in [1.54, 1.807) is 17.1 Å². The first-order valence-corrected chi connectivity index (χ1v) is 6.53. The molecule has 1 aliphatic rings. The highest BCUT2D eigenvalue weighted by Gasteiger charge is 2.24. The topological polar surface area (TPSA) is 46.9 Å². The Balaban J connectivity index is 2.00. The first kappa shape index (κ1) is 12.4. The third-order valence-corrected chi connectivity index (χ3v) is 3.82. The van der Waals surface area contributed by atoms with Gasteiger partial charge in [0.2, 0.25) is 0 Å². The second-order valence-electron chi connectivity index (χ2n) is 4.62.